The summed E-state index contributed by atoms with van der Waals surface area (Å²) in [4.78, 5) is 8.65. The zero-order valence-electron chi connectivity index (χ0n) is 8.64. The van der Waals surface area contributed by atoms with Crippen LogP contribution in [0.2, 0.25) is 0 Å². The van der Waals surface area contributed by atoms with Crippen LogP contribution in [0.3, 0.4) is 0 Å². The highest BCUT2D eigenvalue weighted by Gasteiger charge is 2.11. The second-order valence-electron chi connectivity index (χ2n) is 3.45. The molecule has 5 heteroatoms. The second kappa shape index (κ2) is 4.33. The minimum absolute atomic E-state index is 0.230. The predicted octanol–water partition coefficient (Wildman–Crippen LogP) is 3.00. The smallest absolute Gasteiger partial charge is 0.115 e. The number of rotatable bonds is 3. The summed E-state index contributed by atoms with van der Waals surface area (Å²) in [5, 5.41) is 3.16. The lowest BCUT2D eigenvalue weighted by Gasteiger charge is -2.08. The number of halogens is 1. The van der Waals surface area contributed by atoms with E-state index in [1.807, 2.05) is 17.7 Å². The molecule has 0 saturated carbocycles. The van der Waals surface area contributed by atoms with Gasteiger partial charge in [0.2, 0.25) is 0 Å². The maximum Gasteiger partial charge on any atom is 0.115 e. The van der Waals surface area contributed by atoms with Gasteiger partial charge in [-0.25, -0.2) is 9.97 Å². The van der Waals surface area contributed by atoms with Gasteiger partial charge in [0.25, 0.3) is 0 Å². The second-order valence-corrected chi connectivity index (χ2v) is 4.61. The van der Waals surface area contributed by atoms with Crippen molar-refractivity contribution in [3.05, 3.63) is 34.3 Å². The Kier molecular flexibility index (Phi) is 3.07. The van der Waals surface area contributed by atoms with Gasteiger partial charge in [0.05, 0.1) is 23.9 Å². The van der Waals surface area contributed by atoms with E-state index in [0.29, 0.717) is 5.88 Å². The van der Waals surface area contributed by atoms with Crippen molar-refractivity contribution in [1.29, 1.82) is 0 Å². The minimum atomic E-state index is 0.230. The highest BCUT2D eigenvalue weighted by molar-refractivity contribution is 7.09. The van der Waals surface area contributed by atoms with Crippen molar-refractivity contribution in [3.63, 3.8) is 0 Å². The van der Waals surface area contributed by atoms with Crippen LogP contribution in [0.1, 0.15) is 29.4 Å². The normalized spacial score (nSPS) is 13.0. The number of imidazole rings is 1. The molecule has 1 unspecified atom stereocenters. The number of aryl methyl sites for hydroxylation is 1. The van der Waals surface area contributed by atoms with E-state index in [4.69, 9.17) is 11.6 Å². The maximum atomic E-state index is 5.71. The molecule has 15 heavy (non-hydrogen) atoms. The molecule has 80 valence electrons. The van der Waals surface area contributed by atoms with Crippen molar-refractivity contribution in [3.8, 4) is 0 Å². The molecule has 0 aliphatic heterocycles. The number of alkyl halides is 1. The van der Waals surface area contributed by atoms with E-state index in [9.17, 15) is 0 Å². The van der Waals surface area contributed by atoms with Gasteiger partial charge in [-0.2, -0.15) is 0 Å². The van der Waals surface area contributed by atoms with Crippen LogP contribution < -0.4 is 0 Å². The standard InChI is InChI=1S/C10H12ClN3S/c1-7-5-15-10(13-7)8(2)14-4-9(3-11)12-6-14/h4-6,8H,3H2,1-2H3. The van der Waals surface area contributed by atoms with Gasteiger partial charge in [-0.05, 0) is 13.8 Å². The molecule has 0 aliphatic rings. The largest absolute Gasteiger partial charge is 0.328 e. The van der Waals surface area contributed by atoms with E-state index >= 15 is 0 Å². The fourth-order valence-electron chi connectivity index (χ4n) is 1.35. The SMILES string of the molecule is Cc1csc(C(C)n2cnc(CCl)c2)n1. The van der Waals surface area contributed by atoms with Crippen LogP contribution in [0, 0.1) is 6.92 Å². The van der Waals surface area contributed by atoms with Crippen molar-refractivity contribution in [2.75, 3.05) is 0 Å². The third kappa shape index (κ3) is 2.21. The van der Waals surface area contributed by atoms with Gasteiger partial charge in [-0.1, -0.05) is 0 Å². The van der Waals surface area contributed by atoms with Crippen molar-refractivity contribution >= 4 is 22.9 Å². The van der Waals surface area contributed by atoms with Crippen molar-refractivity contribution in [2.45, 2.75) is 25.8 Å². The topological polar surface area (TPSA) is 30.7 Å². The molecule has 2 rings (SSSR count). The zero-order valence-corrected chi connectivity index (χ0v) is 10.2. The van der Waals surface area contributed by atoms with Crippen LogP contribution >= 0.6 is 22.9 Å². The monoisotopic (exact) mass is 241 g/mol. The first-order valence-electron chi connectivity index (χ1n) is 4.71. The van der Waals surface area contributed by atoms with Crippen LogP contribution in [0.5, 0.6) is 0 Å². The molecule has 0 amide bonds. The lowest BCUT2D eigenvalue weighted by Crippen LogP contribution is -2.03. The van der Waals surface area contributed by atoms with Gasteiger partial charge >= 0.3 is 0 Å². The molecule has 0 aromatic carbocycles. The van der Waals surface area contributed by atoms with Crippen LogP contribution in [-0.4, -0.2) is 14.5 Å². The predicted molar refractivity (Wildman–Crippen MR) is 62.4 cm³/mol. The Labute approximate surface area is 97.8 Å². The maximum absolute atomic E-state index is 5.71. The first-order chi connectivity index (χ1) is 7.20. The molecule has 0 bridgehead atoms. The molecule has 0 radical (unpaired) electrons. The van der Waals surface area contributed by atoms with Gasteiger partial charge in [-0.3, -0.25) is 0 Å². The first kappa shape index (κ1) is 10.6. The number of aromatic nitrogens is 3. The van der Waals surface area contributed by atoms with Gasteiger partial charge in [0.1, 0.15) is 5.01 Å². The van der Waals surface area contributed by atoms with E-state index in [1.54, 1.807) is 17.7 Å². The van der Waals surface area contributed by atoms with Crippen LogP contribution in [0.25, 0.3) is 0 Å². The number of thiazole rings is 1. The highest BCUT2D eigenvalue weighted by atomic mass is 35.5. The Morgan fingerprint density at radius 1 is 1.60 bits per heavy atom. The first-order valence-corrected chi connectivity index (χ1v) is 6.12. The van der Waals surface area contributed by atoms with E-state index in [1.165, 1.54) is 0 Å². The molecule has 0 fully saturated rings. The minimum Gasteiger partial charge on any atom is -0.328 e. The summed E-state index contributed by atoms with van der Waals surface area (Å²) in [5.74, 6) is 0.455. The third-order valence-electron chi connectivity index (χ3n) is 2.23. The van der Waals surface area contributed by atoms with E-state index in [2.05, 4.69) is 22.3 Å². The van der Waals surface area contributed by atoms with E-state index < -0.39 is 0 Å². The summed E-state index contributed by atoms with van der Waals surface area (Å²) < 4.78 is 2.04. The Morgan fingerprint density at radius 3 is 2.93 bits per heavy atom. The molecule has 2 aromatic heterocycles. The van der Waals surface area contributed by atoms with Gasteiger partial charge < -0.3 is 4.57 Å². The summed E-state index contributed by atoms with van der Waals surface area (Å²) >= 11 is 7.38. The summed E-state index contributed by atoms with van der Waals surface area (Å²) in [7, 11) is 0. The Hall–Kier alpha value is -0.870. The average molecular weight is 242 g/mol. The highest BCUT2D eigenvalue weighted by Crippen LogP contribution is 2.21. The van der Waals surface area contributed by atoms with Crippen LogP contribution in [0.4, 0.5) is 0 Å². The van der Waals surface area contributed by atoms with Crippen molar-refractivity contribution in [2.24, 2.45) is 0 Å². The fraction of sp³-hybridized carbons (Fsp3) is 0.400. The number of nitrogens with zero attached hydrogens (tertiary/aromatic N) is 3. The number of hydrogen-bond donors (Lipinski definition) is 0. The summed E-state index contributed by atoms with van der Waals surface area (Å²) in [5.41, 5.74) is 1.97. The summed E-state index contributed by atoms with van der Waals surface area (Å²) in [6.45, 7) is 4.11. The fourth-order valence-corrected chi connectivity index (χ4v) is 2.35. The van der Waals surface area contributed by atoms with Gasteiger partial charge in [0.15, 0.2) is 0 Å². The summed E-state index contributed by atoms with van der Waals surface area (Å²) in [6, 6.07) is 0.230. The Bertz CT molecular complexity index is 449. The molecule has 0 N–H and O–H groups in total. The molecular weight excluding hydrogens is 230 g/mol. The molecular formula is C10H12ClN3S. The zero-order chi connectivity index (χ0) is 10.8. The Balaban J connectivity index is 2.23. The molecule has 1 atom stereocenters. The number of hydrogen-bond acceptors (Lipinski definition) is 3. The quantitative estimate of drug-likeness (QED) is 0.774. The van der Waals surface area contributed by atoms with Gasteiger partial charge in [-0.15, -0.1) is 22.9 Å². The van der Waals surface area contributed by atoms with Crippen LogP contribution in [-0.2, 0) is 5.88 Å². The molecule has 0 saturated heterocycles. The van der Waals surface area contributed by atoms with Crippen LogP contribution in [0.15, 0.2) is 17.9 Å². The summed E-state index contributed by atoms with van der Waals surface area (Å²) in [6.07, 6.45) is 3.77. The van der Waals surface area contributed by atoms with Crippen molar-refractivity contribution in [1.82, 2.24) is 14.5 Å². The lowest BCUT2D eigenvalue weighted by molar-refractivity contribution is 0.632. The molecule has 3 nitrogen and oxygen atoms in total. The molecule has 0 spiro atoms. The Morgan fingerprint density at radius 2 is 2.40 bits per heavy atom. The van der Waals surface area contributed by atoms with E-state index in [0.717, 1.165) is 16.4 Å². The molecule has 2 heterocycles. The lowest BCUT2D eigenvalue weighted by atomic mass is 10.3. The molecule has 0 aliphatic carbocycles. The van der Waals surface area contributed by atoms with E-state index in [-0.39, 0.29) is 6.04 Å². The third-order valence-corrected chi connectivity index (χ3v) is 3.64. The van der Waals surface area contributed by atoms with Crippen molar-refractivity contribution < 1.29 is 0 Å². The van der Waals surface area contributed by atoms with Gasteiger partial charge in [0, 0.05) is 17.3 Å². The molecule has 2 aromatic rings. The average Bonchev–Trinajstić information content (AvgIpc) is 2.84.